The minimum Gasteiger partial charge on any atom is -0.468 e. The van der Waals surface area contributed by atoms with Crippen molar-refractivity contribution in [2.75, 3.05) is 19.7 Å². The van der Waals surface area contributed by atoms with Gasteiger partial charge in [0, 0.05) is 49.4 Å². The average Bonchev–Trinajstić information content (AvgIpc) is 3.17. The highest BCUT2D eigenvalue weighted by molar-refractivity contribution is 7.10. The van der Waals surface area contributed by atoms with Gasteiger partial charge >= 0.3 is 12.2 Å². The summed E-state index contributed by atoms with van der Waals surface area (Å²) in [6.07, 6.45) is -1.99. The Hall–Kier alpha value is -2.33. The summed E-state index contributed by atoms with van der Waals surface area (Å²) in [4.78, 5) is 19.6. The van der Waals surface area contributed by atoms with Crippen molar-refractivity contribution < 1.29 is 22.7 Å². The maximum Gasteiger partial charge on any atom is 0.422 e. The number of aromatic nitrogens is 1. The number of ether oxygens (including phenoxy) is 1. The Labute approximate surface area is 171 Å². The van der Waals surface area contributed by atoms with Gasteiger partial charge in [0.25, 0.3) is 0 Å². The van der Waals surface area contributed by atoms with E-state index in [-0.39, 0.29) is 24.5 Å². The molecule has 0 aliphatic carbocycles. The molecule has 3 heterocycles. The first-order chi connectivity index (χ1) is 13.8. The van der Waals surface area contributed by atoms with E-state index in [9.17, 15) is 18.0 Å². The number of nitrogens with one attached hydrogen (secondary N) is 2. The molecule has 2 amide bonds. The summed E-state index contributed by atoms with van der Waals surface area (Å²) < 4.78 is 40.9. The second kappa shape index (κ2) is 9.45. The molecule has 0 saturated heterocycles. The Morgan fingerprint density at radius 2 is 2.17 bits per heavy atom. The second-order valence-electron chi connectivity index (χ2n) is 6.91. The van der Waals surface area contributed by atoms with E-state index in [1.54, 1.807) is 17.4 Å². The molecule has 0 fully saturated rings. The second-order valence-corrected chi connectivity index (χ2v) is 7.91. The van der Waals surface area contributed by atoms with Crippen LogP contribution < -0.4 is 15.4 Å². The number of nitrogens with zero attached hydrogens (tertiary/aromatic N) is 2. The van der Waals surface area contributed by atoms with Gasteiger partial charge in [-0.15, -0.1) is 11.3 Å². The topological polar surface area (TPSA) is 66.5 Å². The Kier molecular flexibility index (Phi) is 6.96. The highest BCUT2D eigenvalue weighted by Gasteiger charge is 2.28. The van der Waals surface area contributed by atoms with Crippen molar-refractivity contribution in [3.63, 3.8) is 0 Å². The lowest BCUT2D eigenvalue weighted by Gasteiger charge is -2.32. The van der Waals surface area contributed by atoms with Gasteiger partial charge in [-0.1, -0.05) is 6.07 Å². The molecule has 1 unspecified atom stereocenters. The minimum absolute atomic E-state index is 0.111. The maximum absolute atomic E-state index is 12.1. The lowest BCUT2D eigenvalue weighted by Crippen LogP contribution is -2.46. The van der Waals surface area contributed by atoms with E-state index in [1.165, 1.54) is 22.7 Å². The van der Waals surface area contributed by atoms with Crippen LogP contribution in [0, 0.1) is 0 Å². The Morgan fingerprint density at radius 3 is 2.90 bits per heavy atom. The molecule has 3 rings (SSSR count). The number of alkyl halides is 3. The van der Waals surface area contributed by atoms with Crippen LogP contribution in [0.15, 0.2) is 29.8 Å². The summed E-state index contributed by atoms with van der Waals surface area (Å²) in [7, 11) is 0. The molecule has 0 aromatic carbocycles. The summed E-state index contributed by atoms with van der Waals surface area (Å²) in [5.41, 5.74) is 2.03. The Bertz CT molecular complexity index is 811. The predicted octanol–water partition coefficient (Wildman–Crippen LogP) is 3.33. The van der Waals surface area contributed by atoms with E-state index in [2.05, 4.69) is 43.6 Å². The monoisotopic (exact) mass is 428 g/mol. The zero-order chi connectivity index (χ0) is 20.9. The first-order valence-electron chi connectivity index (χ1n) is 9.25. The number of urea groups is 1. The van der Waals surface area contributed by atoms with Crippen molar-refractivity contribution in [1.82, 2.24) is 20.5 Å². The fourth-order valence-electron chi connectivity index (χ4n) is 3.02. The van der Waals surface area contributed by atoms with Gasteiger partial charge in [-0.3, -0.25) is 4.90 Å². The van der Waals surface area contributed by atoms with Crippen molar-refractivity contribution in [2.24, 2.45) is 0 Å². The van der Waals surface area contributed by atoms with E-state index in [0.29, 0.717) is 12.1 Å². The summed E-state index contributed by atoms with van der Waals surface area (Å²) in [6.45, 7) is 3.32. The van der Waals surface area contributed by atoms with E-state index in [4.69, 9.17) is 0 Å². The SMILES string of the molecule is CC(CNC(=O)NCc1ccc(OCC(F)(F)F)nc1)N1CCc2sccc2C1. The molecule has 158 valence electrons. The summed E-state index contributed by atoms with van der Waals surface area (Å²) >= 11 is 1.80. The van der Waals surface area contributed by atoms with Gasteiger partial charge in [0.05, 0.1) is 0 Å². The highest BCUT2D eigenvalue weighted by atomic mass is 32.1. The molecule has 29 heavy (non-hydrogen) atoms. The number of hydrogen-bond acceptors (Lipinski definition) is 5. The largest absolute Gasteiger partial charge is 0.468 e. The minimum atomic E-state index is -4.41. The number of carbonyl (C=O) groups is 1. The van der Waals surface area contributed by atoms with Crippen molar-refractivity contribution in [2.45, 2.75) is 38.7 Å². The third-order valence-electron chi connectivity index (χ3n) is 4.65. The normalized spacial score (nSPS) is 15.4. The predicted molar refractivity (Wildman–Crippen MR) is 104 cm³/mol. The standard InChI is InChI=1S/C19H23F3N4O2S/c1-13(26-6-4-16-15(11-26)5-7-29-16)8-24-18(27)25-10-14-2-3-17(23-9-14)28-12-19(20,21)22/h2-3,5,7,9,13H,4,6,8,10-12H2,1H3,(H2,24,25,27). The van der Waals surface area contributed by atoms with Crippen LogP contribution in [0.5, 0.6) is 5.88 Å². The summed E-state index contributed by atoms with van der Waals surface area (Å²) in [5.74, 6) is -0.111. The van der Waals surface area contributed by atoms with Gasteiger partial charge in [0.15, 0.2) is 6.61 Å². The number of rotatable bonds is 7. The first-order valence-corrected chi connectivity index (χ1v) is 10.1. The number of amides is 2. The zero-order valence-electron chi connectivity index (χ0n) is 16.0. The molecular weight excluding hydrogens is 405 g/mol. The molecule has 2 aromatic heterocycles. The molecule has 1 atom stereocenters. The zero-order valence-corrected chi connectivity index (χ0v) is 16.8. The summed E-state index contributed by atoms with van der Waals surface area (Å²) in [6, 6.07) is 4.97. The summed E-state index contributed by atoms with van der Waals surface area (Å²) in [5, 5.41) is 7.69. The van der Waals surface area contributed by atoms with E-state index in [1.807, 2.05) is 0 Å². The fraction of sp³-hybridized carbons (Fsp3) is 0.474. The molecule has 0 spiro atoms. The van der Waals surface area contributed by atoms with Crippen LogP contribution in [0.1, 0.15) is 22.9 Å². The van der Waals surface area contributed by atoms with Crippen molar-refractivity contribution in [3.8, 4) is 5.88 Å². The van der Waals surface area contributed by atoms with Crippen LogP contribution in [0.4, 0.5) is 18.0 Å². The van der Waals surface area contributed by atoms with Crippen LogP contribution in [0.2, 0.25) is 0 Å². The molecule has 10 heteroatoms. The maximum atomic E-state index is 12.1. The Morgan fingerprint density at radius 1 is 1.34 bits per heavy atom. The van der Waals surface area contributed by atoms with Crippen molar-refractivity contribution in [3.05, 3.63) is 45.8 Å². The van der Waals surface area contributed by atoms with Crippen molar-refractivity contribution in [1.29, 1.82) is 0 Å². The quantitative estimate of drug-likeness (QED) is 0.710. The van der Waals surface area contributed by atoms with E-state index < -0.39 is 12.8 Å². The lowest BCUT2D eigenvalue weighted by molar-refractivity contribution is -0.154. The first kappa shape index (κ1) is 21.4. The molecule has 1 aliphatic rings. The number of hydrogen-bond donors (Lipinski definition) is 2. The smallest absolute Gasteiger partial charge is 0.422 e. The van der Waals surface area contributed by atoms with Gasteiger partial charge in [-0.25, -0.2) is 9.78 Å². The lowest BCUT2D eigenvalue weighted by atomic mass is 10.1. The number of pyridine rings is 1. The molecule has 6 nitrogen and oxygen atoms in total. The fourth-order valence-corrected chi connectivity index (χ4v) is 3.91. The van der Waals surface area contributed by atoms with Crippen LogP contribution in [0.25, 0.3) is 0 Å². The average molecular weight is 428 g/mol. The molecule has 2 aromatic rings. The van der Waals surface area contributed by atoms with Gasteiger partial charge in [0.2, 0.25) is 5.88 Å². The molecule has 2 N–H and O–H groups in total. The van der Waals surface area contributed by atoms with Crippen LogP contribution in [-0.4, -0.2) is 47.8 Å². The van der Waals surface area contributed by atoms with Crippen molar-refractivity contribution >= 4 is 17.4 Å². The van der Waals surface area contributed by atoms with E-state index in [0.717, 1.165) is 19.5 Å². The molecule has 0 bridgehead atoms. The third-order valence-corrected chi connectivity index (χ3v) is 5.68. The number of carbonyl (C=O) groups excluding carboxylic acids is 1. The van der Waals surface area contributed by atoms with Gasteiger partial charge < -0.3 is 15.4 Å². The Balaban J connectivity index is 1.36. The molecular formula is C19H23F3N4O2S. The molecule has 0 radical (unpaired) electrons. The van der Waals surface area contributed by atoms with Gasteiger partial charge in [0.1, 0.15) is 0 Å². The third kappa shape index (κ3) is 6.60. The highest BCUT2D eigenvalue weighted by Crippen LogP contribution is 2.25. The van der Waals surface area contributed by atoms with Crippen LogP contribution in [0.3, 0.4) is 0 Å². The number of fused-ring (bicyclic) bond motifs is 1. The van der Waals surface area contributed by atoms with Crippen LogP contribution in [-0.2, 0) is 19.5 Å². The van der Waals surface area contributed by atoms with E-state index >= 15 is 0 Å². The van der Waals surface area contributed by atoms with Gasteiger partial charge in [-0.2, -0.15) is 13.2 Å². The van der Waals surface area contributed by atoms with Crippen LogP contribution >= 0.6 is 11.3 Å². The number of thiophene rings is 1. The van der Waals surface area contributed by atoms with Gasteiger partial charge in [-0.05, 0) is 35.9 Å². The molecule has 1 aliphatic heterocycles. The molecule has 0 saturated carbocycles. The number of halogens is 3.